The third-order valence-electron chi connectivity index (χ3n) is 3.69. The first-order valence-corrected chi connectivity index (χ1v) is 8.67. The molecule has 0 aliphatic carbocycles. The number of nitrogens with zero attached hydrogens (tertiary/aromatic N) is 3. The summed E-state index contributed by atoms with van der Waals surface area (Å²) in [4.78, 5) is 12.9. The number of nitrogens with one attached hydrogen (secondary N) is 1. The van der Waals surface area contributed by atoms with Crippen LogP contribution in [0.2, 0.25) is 0 Å². The Kier molecular flexibility index (Phi) is 5.32. The molecule has 0 fully saturated rings. The minimum Gasteiger partial charge on any atom is -0.321 e. The minimum absolute atomic E-state index is 0.206. The molecule has 0 unspecified atom stereocenters. The topological polar surface area (TPSA) is 59.8 Å². The zero-order valence-electron chi connectivity index (χ0n) is 14.1. The van der Waals surface area contributed by atoms with Crippen LogP contribution in [0.5, 0.6) is 0 Å². The summed E-state index contributed by atoms with van der Waals surface area (Å²) in [6.07, 6.45) is 0. The Morgan fingerprint density at radius 2 is 1.88 bits per heavy atom. The number of alkyl halides is 2. The molecular weight excluding hydrogens is 358 g/mol. The van der Waals surface area contributed by atoms with Crippen molar-refractivity contribution in [2.75, 3.05) is 5.32 Å². The average molecular weight is 374 g/mol. The molecule has 26 heavy (non-hydrogen) atoms. The van der Waals surface area contributed by atoms with E-state index in [0.717, 1.165) is 11.3 Å². The summed E-state index contributed by atoms with van der Waals surface area (Å²) in [7, 11) is 0. The predicted molar refractivity (Wildman–Crippen MR) is 97.1 cm³/mol. The monoisotopic (exact) mass is 374 g/mol. The third kappa shape index (κ3) is 4.08. The fourth-order valence-corrected chi connectivity index (χ4v) is 2.95. The summed E-state index contributed by atoms with van der Waals surface area (Å²) in [5.41, 5.74) is 3.21. The van der Waals surface area contributed by atoms with Crippen molar-refractivity contribution in [2.24, 2.45) is 0 Å². The quantitative estimate of drug-likeness (QED) is 0.670. The van der Waals surface area contributed by atoms with E-state index >= 15 is 0 Å². The molecule has 0 bridgehead atoms. The van der Waals surface area contributed by atoms with Crippen molar-refractivity contribution in [3.63, 3.8) is 0 Å². The van der Waals surface area contributed by atoms with Gasteiger partial charge in [-0.05, 0) is 55.8 Å². The van der Waals surface area contributed by atoms with E-state index in [9.17, 15) is 13.6 Å². The van der Waals surface area contributed by atoms with Gasteiger partial charge in [0, 0.05) is 10.6 Å². The van der Waals surface area contributed by atoms with Crippen molar-refractivity contribution >= 4 is 23.4 Å². The van der Waals surface area contributed by atoms with Crippen molar-refractivity contribution in [3.8, 4) is 5.69 Å². The standard InChI is InChI=1S/C18H16F2N4OS/c1-11-4-3-5-14(10-11)24-12(2)16(22-23-24)17(25)21-13-6-8-15(9-7-13)26-18(19)20/h3-10,18H,1-2H3,(H,21,25). The number of halogens is 2. The molecule has 3 rings (SSSR count). The Hall–Kier alpha value is -2.74. The summed E-state index contributed by atoms with van der Waals surface area (Å²) < 4.78 is 26.3. The maximum Gasteiger partial charge on any atom is 0.288 e. The Morgan fingerprint density at radius 1 is 1.15 bits per heavy atom. The Balaban J connectivity index is 1.76. The van der Waals surface area contributed by atoms with Gasteiger partial charge in [0.05, 0.1) is 11.4 Å². The van der Waals surface area contributed by atoms with Crippen LogP contribution in [0.15, 0.2) is 53.4 Å². The first-order valence-electron chi connectivity index (χ1n) is 7.79. The van der Waals surface area contributed by atoms with Crippen molar-refractivity contribution in [2.45, 2.75) is 24.5 Å². The van der Waals surface area contributed by atoms with Crippen LogP contribution in [0, 0.1) is 13.8 Å². The van der Waals surface area contributed by atoms with Crippen LogP contribution in [0.25, 0.3) is 5.69 Å². The fourth-order valence-electron chi connectivity index (χ4n) is 2.45. The molecule has 0 spiro atoms. The zero-order valence-corrected chi connectivity index (χ0v) is 14.9. The SMILES string of the molecule is Cc1cccc(-n2nnc(C(=O)Nc3ccc(SC(F)F)cc3)c2C)c1. The number of aryl methyl sites for hydroxylation is 1. The second-order valence-electron chi connectivity index (χ2n) is 5.63. The Morgan fingerprint density at radius 3 is 2.54 bits per heavy atom. The van der Waals surface area contributed by atoms with Crippen LogP contribution in [0.1, 0.15) is 21.7 Å². The number of carbonyl (C=O) groups excluding carboxylic acids is 1. The van der Waals surface area contributed by atoms with E-state index in [4.69, 9.17) is 0 Å². The van der Waals surface area contributed by atoms with Crippen molar-refractivity contribution in [1.82, 2.24) is 15.0 Å². The molecular formula is C18H16F2N4OS. The van der Waals surface area contributed by atoms with Crippen LogP contribution >= 0.6 is 11.8 Å². The summed E-state index contributed by atoms with van der Waals surface area (Å²) >= 11 is 0.455. The first kappa shape index (κ1) is 18.1. The van der Waals surface area contributed by atoms with Gasteiger partial charge in [0.1, 0.15) is 0 Å². The molecule has 0 atom stereocenters. The van der Waals surface area contributed by atoms with Gasteiger partial charge in [0.25, 0.3) is 11.7 Å². The smallest absolute Gasteiger partial charge is 0.288 e. The summed E-state index contributed by atoms with van der Waals surface area (Å²) in [6.45, 7) is 3.74. The third-order valence-corrected chi connectivity index (χ3v) is 4.42. The largest absolute Gasteiger partial charge is 0.321 e. The van der Waals surface area contributed by atoms with Gasteiger partial charge < -0.3 is 5.32 Å². The van der Waals surface area contributed by atoms with E-state index in [1.165, 1.54) is 12.1 Å². The summed E-state index contributed by atoms with van der Waals surface area (Å²) in [6, 6.07) is 13.9. The highest BCUT2D eigenvalue weighted by atomic mass is 32.2. The molecule has 0 saturated carbocycles. The Bertz CT molecular complexity index is 925. The first-order chi connectivity index (χ1) is 12.4. The molecule has 0 radical (unpaired) electrons. The minimum atomic E-state index is -2.48. The van der Waals surface area contributed by atoms with Crippen LogP contribution in [-0.4, -0.2) is 26.7 Å². The lowest BCUT2D eigenvalue weighted by Crippen LogP contribution is -2.14. The number of carbonyl (C=O) groups is 1. The number of hydrogen-bond donors (Lipinski definition) is 1. The molecule has 0 aliphatic heterocycles. The maximum absolute atomic E-state index is 12.5. The number of rotatable bonds is 5. The van der Waals surface area contributed by atoms with Gasteiger partial charge in [0.15, 0.2) is 5.69 Å². The van der Waals surface area contributed by atoms with Gasteiger partial charge in [-0.3, -0.25) is 4.79 Å². The van der Waals surface area contributed by atoms with Gasteiger partial charge in [0.2, 0.25) is 0 Å². The normalized spacial score (nSPS) is 11.0. The molecule has 2 aromatic carbocycles. The highest BCUT2D eigenvalue weighted by Gasteiger charge is 2.17. The van der Waals surface area contributed by atoms with E-state index in [1.54, 1.807) is 23.7 Å². The molecule has 0 saturated heterocycles. The fraction of sp³-hybridized carbons (Fsp3) is 0.167. The van der Waals surface area contributed by atoms with Crippen LogP contribution < -0.4 is 5.32 Å². The number of aromatic nitrogens is 3. The molecule has 1 heterocycles. The predicted octanol–water partition coefficient (Wildman–Crippen LogP) is 4.45. The van der Waals surface area contributed by atoms with E-state index in [1.807, 2.05) is 31.2 Å². The number of benzene rings is 2. The van der Waals surface area contributed by atoms with Crippen molar-refractivity contribution < 1.29 is 13.6 Å². The Labute approximate surface area is 153 Å². The van der Waals surface area contributed by atoms with Crippen LogP contribution in [-0.2, 0) is 0 Å². The second-order valence-corrected chi connectivity index (χ2v) is 6.69. The summed E-state index contributed by atoms with van der Waals surface area (Å²) in [5, 5.41) is 10.7. The second kappa shape index (κ2) is 7.65. The van der Waals surface area contributed by atoms with Crippen LogP contribution in [0.3, 0.4) is 0 Å². The van der Waals surface area contributed by atoms with E-state index < -0.39 is 11.7 Å². The van der Waals surface area contributed by atoms with E-state index in [0.29, 0.717) is 28.0 Å². The molecule has 0 aliphatic rings. The highest BCUT2D eigenvalue weighted by Crippen LogP contribution is 2.26. The lowest BCUT2D eigenvalue weighted by atomic mass is 10.2. The van der Waals surface area contributed by atoms with Crippen molar-refractivity contribution in [3.05, 3.63) is 65.5 Å². The average Bonchev–Trinajstić information content (AvgIpc) is 2.98. The molecule has 1 aromatic heterocycles. The zero-order chi connectivity index (χ0) is 18.7. The molecule has 1 amide bonds. The van der Waals surface area contributed by atoms with Gasteiger partial charge in [-0.15, -0.1) is 5.10 Å². The molecule has 3 aromatic rings. The number of thioether (sulfide) groups is 1. The van der Waals surface area contributed by atoms with Gasteiger partial charge >= 0.3 is 0 Å². The number of anilines is 1. The van der Waals surface area contributed by atoms with Gasteiger partial charge in [-0.25, -0.2) is 4.68 Å². The molecule has 5 nitrogen and oxygen atoms in total. The lowest BCUT2D eigenvalue weighted by Gasteiger charge is -2.06. The molecule has 1 N–H and O–H groups in total. The van der Waals surface area contributed by atoms with Gasteiger partial charge in [-0.1, -0.05) is 29.1 Å². The number of amides is 1. The van der Waals surface area contributed by atoms with E-state index in [-0.39, 0.29) is 5.69 Å². The lowest BCUT2D eigenvalue weighted by molar-refractivity contribution is 0.102. The maximum atomic E-state index is 12.5. The highest BCUT2D eigenvalue weighted by molar-refractivity contribution is 7.99. The summed E-state index contributed by atoms with van der Waals surface area (Å²) in [5.74, 6) is -2.88. The van der Waals surface area contributed by atoms with Crippen molar-refractivity contribution in [1.29, 1.82) is 0 Å². The molecule has 8 heteroatoms. The molecule has 134 valence electrons. The number of hydrogen-bond acceptors (Lipinski definition) is 4. The van der Waals surface area contributed by atoms with Gasteiger partial charge in [-0.2, -0.15) is 8.78 Å². The van der Waals surface area contributed by atoms with E-state index in [2.05, 4.69) is 15.6 Å². The van der Waals surface area contributed by atoms with Crippen LogP contribution in [0.4, 0.5) is 14.5 Å².